The molecular weight excluding hydrogens is 319 g/mol. The third-order valence-corrected chi connectivity index (χ3v) is 4.62. The minimum absolute atomic E-state index is 0.00265. The molecule has 0 amide bonds. The Morgan fingerprint density at radius 3 is 3.00 bits per heavy atom. The lowest BCUT2D eigenvalue weighted by molar-refractivity contribution is 0.282. The maximum absolute atomic E-state index is 9.06. The van der Waals surface area contributed by atoms with Crippen molar-refractivity contribution in [3.8, 4) is 0 Å². The average Bonchev–Trinajstić information content (AvgIpc) is 2.59. The minimum Gasteiger partial charge on any atom is -0.392 e. The Kier molecular flexibility index (Phi) is 2.78. The molecule has 0 saturated heterocycles. The van der Waals surface area contributed by atoms with E-state index < -0.39 is 0 Å². The molecule has 0 radical (unpaired) electrons. The normalized spacial score (nSPS) is 11.0. The second kappa shape index (κ2) is 3.73. The van der Waals surface area contributed by atoms with E-state index in [0.717, 1.165) is 9.13 Å². The van der Waals surface area contributed by atoms with Gasteiger partial charge in [0.2, 0.25) is 0 Å². The molecule has 1 N–H and O–H groups in total. The number of hydrogen-bond donors (Lipinski definition) is 1. The third kappa shape index (κ3) is 1.58. The lowest BCUT2D eigenvalue weighted by atomic mass is 10.2. The quantitative estimate of drug-likeness (QED) is 0.794. The molecule has 2 rings (SSSR count). The van der Waals surface area contributed by atoms with Crippen molar-refractivity contribution in [2.24, 2.45) is 0 Å². The molecule has 1 aromatic carbocycles. The maximum Gasteiger partial charge on any atom is 0.0697 e. The molecule has 2 aromatic rings. The van der Waals surface area contributed by atoms with Gasteiger partial charge in [0.1, 0.15) is 0 Å². The predicted molar refractivity (Wildman–Crippen MR) is 65.5 cm³/mol. The van der Waals surface area contributed by atoms with Crippen LogP contribution >= 0.6 is 45.5 Å². The fourth-order valence-corrected chi connectivity index (χ4v) is 3.28. The van der Waals surface area contributed by atoms with Gasteiger partial charge in [-0.1, -0.05) is 11.6 Å². The summed E-state index contributed by atoms with van der Waals surface area (Å²) in [6.45, 7) is 0.00265. The van der Waals surface area contributed by atoms with Crippen LogP contribution in [0.3, 0.4) is 0 Å². The van der Waals surface area contributed by atoms with E-state index in [-0.39, 0.29) is 6.61 Å². The van der Waals surface area contributed by atoms with Gasteiger partial charge in [0, 0.05) is 13.7 Å². The van der Waals surface area contributed by atoms with E-state index in [0.29, 0.717) is 5.02 Å². The fraction of sp³-hybridized carbons (Fsp3) is 0.111. The highest BCUT2D eigenvalue weighted by Gasteiger charge is 2.09. The number of rotatable bonds is 1. The summed E-state index contributed by atoms with van der Waals surface area (Å²) in [6, 6.07) is 4.00. The molecule has 0 fully saturated rings. The van der Waals surface area contributed by atoms with E-state index in [4.69, 9.17) is 16.7 Å². The van der Waals surface area contributed by atoms with Crippen LogP contribution in [0, 0.1) is 3.57 Å². The highest BCUT2D eigenvalue weighted by Crippen LogP contribution is 2.33. The van der Waals surface area contributed by atoms with Crippen molar-refractivity contribution < 1.29 is 5.11 Å². The van der Waals surface area contributed by atoms with Gasteiger partial charge in [-0.3, -0.25) is 0 Å². The highest BCUT2D eigenvalue weighted by molar-refractivity contribution is 14.1. The van der Waals surface area contributed by atoms with Crippen molar-refractivity contribution in [1.82, 2.24) is 0 Å². The number of aliphatic hydroxyl groups excluding tert-OH is 1. The molecule has 0 saturated carbocycles. The Morgan fingerprint density at radius 1 is 1.54 bits per heavy atom. The van der Waals surface area contributed by atoms with E-state index in [1.807, 2.05) is 11.4 Å². The number of fused-ring (bicyclic) bond motifs is 1. The average molecular weight is 325 g/mol. The van der Waals surface area contributed by atoms with Crippen LogP contribution in [0.1, 0.15) is 5.56 Å². The zero-order valence-corrected chi connectivity index (χ0v) is 10.3. The Labute approximate surface area is 98.5 Å². The fourth-order valence-electron chi connectivity index (χ4n) is 1.21. The summed E-state index contributed by atoms with van der Waals surface area (Å²) in [5, 5.41) is 12.9. The van der Waals surface area contributed by atoms with Gasteiger partial charge in [0.05, 0.1) is 11.6 Å². The van der Waals surface area contributed by atoms with Gasteiger partial charge < -0.3 is 5.11 Å². The highest BCUT2D eigenvalue weighted by atomic mass is 127. The number of thiophene rings is 1. The summed E-state index contributed by atoms with van der Waals surface area (Å²) in [6.07, 6.45) is 0. The third-order valence-electron chi connectivity index (χ3n) is 1.88. The van der Waals surface area contributed by atoms with Crippen LogP contribution in [0.5, 0.6) is 0 Å². The molecule has 0 unspecified atom stereocenters. The largest absolute Gasteiger partial charge is 0.392 e. The van der Waals surface area contributed by atoms with Gasteiger partial charge in [0.25, 0.3) is 0 Å². The van der Waals surface area contributed by atoms with Crippen molar-refractivity contribution in [2.45, 2.75) is 6.61 Å². The van der Waals surface area contributed by atoms with E-state index in [1.54, 1.807) is 11.3 Å². The molecule has 0 aliphatic rings. The van der Waals surface area contributed by atoms with Crippen molar-refractivity contribution in [3.05, 3.63) is 31.7 Å². The lowest BCUT2D eigenvalue weighted by Crippen LogP contribution is -1.87. The Hall–Kier alpha value is 0.160. The topological polar surface area (TPSA) is 20.2 Å². The smallest absolute Gasteiger partial charge is 0.0697 e. The van der Waals surface area contributed by atoms with Gasteiger partial charge in [0.15, 0.2) is 0 Å². The SMILES string of the molecule is OCc1cc2sccc2c(I)c1Cl. The first-order valence-corrected chi connectivity index (χ1v) is 6.02. The number of hydrogen-bond acceptors (Lipinski definition) is 2. The zero-order chi connectivity index (χ0) is 9.42. The van der Waals surface area contributed by atoms with E-state index in [9.17, 15) is 0 Å². The molecule has 0 spiro atoms. The van der Waals surface area contributed by atoms with Gasteiger partial charge in [-0.05, 0) is 45.7 Å². The Morgan fingerprint density at radius 2 is 2.31 bits per heavy atom. The lowest BCUT2D eigenvalue weighted by Gasteiger charge is -2.03. The number of halogens is 2. The van der Waals surface area contributed by atoms with Gasteiger partial charge in [-0.15, -0.1) is 11.3 Å². The first-order chi connectivity index (χ1) is 6.24. The van der Waals surface area contributed by atoms with Gasteiger partial charge >= 0.3 is 0 Å². The molecule has 0 bridgehead atoms. The molecule has 68 valence electrons. The molecule has 1 nitrogen and oxygen atoms in total. The molecule has 1 heterocycles. The maximum atomic E-state index is 9.06. The molecule has 0 aliphatic heterocycles. The van der Waals surface area contributed by atoms with Crippen molar-refractivity contribution >= 4 is 55.6 Å². The van der Waals surface area contributed by atoms with Crippen LogP contribution in [-0.4, -0.2) is 5.11 Å². The van der Waals surface area contributed by atoms with Crippen molar-refractivity contribution in [3.63, 3.8) is 0 Å². The van der Waals surface area contributed by atoms with Gasteiger partial charge in [-0.25, -0.2) is 0 Å². The molecule has 4 heteroatoms. The molecular formula is C9H6ClIOS. The van der Waals surface area contributed by atoms with Crippen LogP contribution in [0.2, 0.25) is 5.02 Å². The van der Waals surface area contributed by atoms with Crippen LogP contribution in [0.15, 0.2) is 17.5 Å². The second-order valence-corrected chi connectivity index (χ2v) is 5.06. The zero-order valence-electron chi connectivity index (χ0n) is 6.55. The van der Waals surface area contributed by atoms with Crippen LogP contribution in [-0.2, 0) is 6.61 Å². The summed E-state index contributed by atoms with van der Waals surface area (Å²) in [5.41, 5.74) is 0.806. The Bertz CT molecular complexity index is 452. The minimum atomic E-state index is 0.00265. The first-order valence-electron chi connectivity index (χ1n) is 3.69. The van der Waals surface area contributed by atoms with Crippen molar-refractivity contribution in [2.75, 3.05) is 0 Å². The molecule has 0 atom stereocenters. The second-order valence-electron chi connectivity index (χ2n) is 2.65. The molecule has 1 aromatic heterocycles. The predicted octanol–water partition coefficient (Wildman–Crippen LogP) is 3.65. The van der Waals surface area contributed by atoms with Gasteiger partial charge in [-0.2, -0.15) is 0 Å². The van der Waals surface area contributed by atoms with E-state index in [2.05, 4.69) is 28.7 Å². The number of aliphatic hydroxyl groups is 1. The van der Waals surface area contributed by atoms with Crippen molar-refractivity contribution in [1.29, 1.82) is 0 Å². The summed E-state index contributed by atoms with van der Waals surface area (Å²) in [4.78, 5) is 0. The van der Waals surface area contributed by atoms with Crippen LogP contribution in [0.4, 0.5) is 0 Å². The summed E-state index contributed by atoms with van der Waals surface area (Å²) < 4.78 is 2.21. The first kappa shape index (κ1) is 9.71. The number of benzene rings is 1. The summed E-state index contributed by atoms with van der Waals surface area (Å²) >= 11 is 9.94. The van der Waals surface area contributed by atoms with Crippen LogP contribution < -0.4 is 0 Å². The monoisotopic (exact) mass is 324 g/mol. The van der Waals surface area contributed by atoms with Crippen LogP contribution in [0.25, 0.3) is 10.1 Å². The molecule has 0 aliphatic carbocycles. The Balaban J connectivity index is 2.83. The standard InChI is InChI=1S/C9H6ClIOS/c10-8-5(4-12)3-7-6(9(8)11)1-2-13-7/h1-3,12H,4H2. The summed E-state index contributed by atoms with van der Waals surface area (Å²) in [7, 11) is 0. The van der Waals surface area contributed by atoms with E-state index in [1.165, 1.54) is 10.1 Å². The summed E-state index contributed by atoms with van der Waals surface area (Å²) in [5.74, 6) is 0. The molecule has 13 heavy (non-hydrogen) atoms. The van der Waals surface area contributed by atoms with E-state index >= 15 is 0 Å².